The van der Waals surface area contributed by atoms with E-state index >= 15 is 0 Å². The van der Waals surface area contributed by atoms with Gasteiger partial charge in [0.05, 0.1) is 20.8 Å². The highest BCUT2D eigenvalue weighted by molar-refractivity contribution is 5.86. The monoisotopic (exact) mass is 325 g/mol. The Labute approximate surface area is 135 Å². The summed E-state index contributed by atoms with van der Waals surface area (Å²) >= 11 is 0. The molecule has 23 heavy (non-hydrogen) atoms. The standard InChI is InChI=1S/C16H23NO6/c1-16(10-21-2,15(19)20)17-14(18)8-6-11-5-7-12(22-3)13(9-11)23-4/h5,7,9H,6,8,10H2,1-4H3,(H,17,18)(H,19,20). The van der Waals surface area contributed by atoms with E-state index in [2.05, 4.69) is 5.32 Å². The van der Waals surface area contributed by atoms with Crippen molar-refractivity contribution in [3.8, 4) is 11.5 Å². The molecule has 1 unspecified atom stereocenters. The number of methoxy groups -OCH3 is 3. The topological polar surface area (TPSA) is 94.1 Å². The normalized spacial score (nSPS) is 13.0. The first-order chi connectivity index (χ1) is 10.9. The molecule has 0 saturated carbocycles. The van der Waals surface area contributed by atoms with Crippen molar-refractivity contribution >= 4 is 11.9 Å². The van der Waals surface area contributed by atoms with Gasteiger partial charge in [0, 0.05) is 13.5 Å². The molecule has 1 aromatic rings. The van der Waals surface area contributed by atoms with Crippen LogP contribution in [0.2, 0.25) is 0 Å². The molecule has 0 bridgehead atoms. The van der Waals surface area contributed by atoms with Crippen LogP contribution in [0.25, 0.3) is 0 Å². The maximum absolute atomic E-state index is 12.0. The Morgan fingerprint density at radius 1 is 1.17 bits per heavy atom. The lowest BCUT2D eigenvalue weighted by Crippen LogP contribution is -2.55. The molecule has 0 aliphatic carbocycles. The van der Waals surface area contributed by atoms with Gasteiger partial charge in [0.15, 0.2) is 17.0 Å². The molecular weight excluding hydrogens is 302 g/mol. The Bertz CT molecular complexity index is 560. The number of hydrogen-bond donors (Lipinski definition) is 2. The van der Waals surface area contributed by atoms with Crippen molar-refractivity contribution in [1.29, 1.82) is 0 Å². The Kier molecular flexibility index (Phi) is 6.84. The Morgan fingerprint density at radius 3 is 2.35 bits per heavy atom. The summed E-state index contributed by atoms with van der Waals surface area (Å²) in [6.45, 7) is 1.30. The number of ether oxygens (including phenoxy) is 3. The van der Waals surface area contributed by atoms with Gasteiger partial charge in [0.1, 0.15) is 0 Å². The molecule has 2 N–H and O–H groups in total. The molecule has 0 radical (unpaired) electrons. The van der Waals surface area contributed by atoms with Crippen LogP contribution in [0.5, 0.6) is 11.5 Å². The first-order valence-electron chi connectivity index (χ1n) is 7.10. The Balaban J connectivity index is 2.67. The van der Waals surface area contributed by atoms with E-state index in [1.807, 2.05) is 6.07 Å². The molecular formula is C16H23NO6. The van der Waals surface area contributed by atoms with E-state index in [-0.39, 0.29) is 18.9 Å². The average Bonchev–Trinajstić information content (AvgIpc) is 2.52. The molecule has 1 rings (SSSR count). The lowest BCUT2D eigenvalue weighted by atomic mass is 10.0. The van der Waals surface area contributed by atoms with Crippen molar-refractivity contribution in [2.24, 2.45) is 0 Å². The number of nitrogens with one attached hydrogen (secondary N) is 1. The third kappa shape index (κ3) is 5.14. The maximum Gasteiger partial charge on any atom is 0.331 e. The summed E-state index contributed by atoms with van der Waals surface area (Å²) < 4.78 is 15.2. The maximum atomic E-state index is 12.0. The molecule has 1 amide bonds. The van der Waals surface area contributed by atoms with Crippen LogP contribution in [-0.2, 0) is 20.7 Å². The Hall–Kier alpha value is -2.28. The van der Waals surface area contributed by atoms with Gasteiger partial charge in [0.25, 0.3) is 0 Å². The van der Waals surface area contributed by atoms with Crippen molar-refractivity contribution in [2.75, 3.05) is 27.9 Å². The van der Waals surface area contributed by atoms with Gasteiger partial charge in [0.2, 0.25) is 5.91 Å². The number of benzene rings is 1. The van der Waals surface area contributed by atoms with Gasteiger partial charge in [-0.15, -0.1) is 0 Å². The molecule has 0 aromatic heterocycles. The predicted molar refractivity (Wildman–Crippen MR) is 83.9 cm³/mol. The number of carboxylic acids is 1. The summed E-state index contributed by atoms with van der Waals surface area (Å²) in [5.41, 5.74) is -0.551. The first kappa shape index (κ1) is 18.8. The van der Waals surface area contributed by atoms with Crippen molar-refractivity contribution in [1.82, 2.24) is 5.32 Å². The largest absolute Gasteiger partial charge is 0.493 e. The molecule has 0 fully saturated rings. The summed E-state index contributed by atoms with van der Waals surface area (Å²) in [6, 6.07) is 5.39. The zero-order valence-corrected chi connectivity index (χ0v) is 13.8. The van der Waals surface area contributed by atoms with E-state index in [4.69, 9.17) is 14.2 Å². The smallest absolute Gasteiger partial charge is 0.331 e. The summed E-state index contributed by atoms with van der Waals surface area (Å²) in [5, 5.41) is 11.7. The van der Waals surface area contributed by atoms with Crippen molar-refractivity contribution < 1.29 is 28.9 Å². The Morgan fingerprint density at radius 2 is 1.83 bits per heavy atom. The van der Waals surface area contributed by atoms with Gasteiger partial charge < -0.3 is 24.6 Å². The van der Waals surface area contributed by atoms with Crippen molar-refractivity contribution in [3.05, 3.63) is 23.8 Å². The molecule has 0 aliphatic rings. The number of aliphatic carboxylic acids is 1. The van der Waals surface area contributed by atoms with Crippen LogP contribution in [0, 0.1) is 0 Å². The van der Waals surface area contributed by atoms with Gasteiger partial charge in [-0.2, -0.15) is 0 Å². The fourth-order valence-electron chi connectivity index (χ4n) is 2.10. The number of amides is 1. The van der Waals surface area contributed by atoms with Crippen LogP contribution in [0.3, 0.4) is 0 Å². The molecule has 0 spiro atoms. The third-order valence-electron chi connectivity index (χ3n) is 3.41. The van der Waals surface area contributed by atoms with Crippen LogP contribution in [0.4, 0.5) is 0 Å². The second-order valence-electron chi connectivity index (χ2n) is 5.31. The number of aryl methyl sites for hydroxylation is 1. The van der Waals surface area contributed by atoms with E-state index in [1.165, 1.54) is 21.1 Å². The second kappa shape index (κ2) is 8.38. The van der Waals surface area contributed by atoms with E-state index in [0.717, 1.165) is 5.56 Å². The van der Waals surface area contributed by atoms with Gasteiger partial charge in [-0.25, -0.2) is 4.79 Å². The van der Waals surface area contributed by atoms with E-state index in [1.54, 1.807) is 19.2 Å². The highest BCUT2D eigenvalue weighted by Crippen LogP contribution is 2.27. The summed E-state index contributed by atoms with van der Waals surface area (Å²) in [4.78, 5) is 23.3. The zero-order valence-electron chi connectivity index (χ0n) is 13.8. The molecule has 7 nitrogen and oxygen atoms in total. The summed E-state index contributed by atoms with van der Waals surface area (Å²) in [6.07, 6.45) is 0.608. The fraction of sp³-hybridized carbons (Fsp3) is 0.500. The minimum atomic E-state index is -1.44. The zero-order chi connectivity index (χ0) is 17.5. The van der Waals surface area contributed by atoms with E-state index < -0.39 is 11.5 Å². The van der Waals surface area contributed by atoms with Crippen LogP contribution in [0.1, 0.15) is 18.9 Å². The predicted octanol–water partition coefficient (Wildman–Crippen LogP) is 1.24. The van der Waals surface area contributed by atoms with Crippen LogP contribution >= 0.6 is 0 Å². The molecule has 7 heteroatoms. The molecule has 0 saturated heterocycles. The van der Waals surface area contributed by atoms with Crippen molar-refractivity contribution in [3.63, 3.8) is 0 Å². The minimum Gasteiger partial charge on any atom is -0.493 e. The summed E-state index contributed by atoms with van der Waals surface area (Å²) in [7, 11) is 4.47. The first-order valence-corrected chi connectivity index (χ1v) is 7.10. The molecule has 0 aliphatic heterocycles. The number of carbonyl (C=O) groups excluding carboxylic acids is 1. The number of hydrogen-bond acceptors (Lipinski definition) is 5. The SMILES string of the molecule is COCC(C)(NC(=O)CCc1ccc(OC)c(OC)c1)C(=O)O. The highest BCUT2D eigenvalue weighted by Gasteiger charge is 2.34. The molecule has 1 aromatic carbocycles. The molecule has 1 atom stereocenters. The lowest BCUT2D eigenvalue weighted by molar-refractivity contribution is -0.149. The molecule has 0 heterocycles. The third-order valence-corrected chi connectivity index (χ3v) is 3.41. The quantitative estimate of drug-likeness (QED) is 0.709. The van der Waals surface area contributed by atoms with E-state index in [9.17, 15) is 14.7 Å². The van der Waals surface area contributed by atoms with Crippen LogP contribution in [-0.4, -0.2) is 50.5 Å². The highest BCUT2D eigenvalue weighted by atomic mass is 16.5. The minimum absolute atomic E-state index is 0.107. The van der Waals surface area contributed by atoms with Gasteiger partial charge in [-0.05, 0) is 31.0 Å². The second-order valence-corrected chi connectivity index (χ2v) is 5.31. The fourth-order valence-corrected chi connectivity index (χ4v) is 2.10. The van der Waals surface area contributed by atoms with Gasteiger partial charge in [-0.1, -0.05) is 6.07 Å². The summed E-state index contributed by atoms with van der Waals surface area (Å²) in [5.74, 6) is -0.306. The van der Waals surface area contributed by atoms with Crippen molar-refractivity contribution in [2.45, 2.75) is 25.3 Å². The average molecular weight is 325 g/mol. The van der Waals surface area contributed by atoms with Crippen LogP contribution in [0.15, 0.2) is 18.2 Å². The van der Waals surface area contributed by atoms with Gasteiger partial charge >= 0.3 is 5.97 Å². The number of carbonyl (C=O) groups is 2. The number of rotatable bonds is 9. The molecule has 128 valence electrons. The van der Waals surface area contributed by atoms with E-state index in [0.29, 0.717) is 17.9 Å². The number of carboxylic acid groups (broad SMARTS) is 1. The van der Waals surface area contributed by atoms with Gasteiger partial charge in [-0.3, -0.25) is 4.79 Å². The lowest BCUT2D eigenvalue weighted by Gasteiger charge is -2.25. The van der Waals surface area contributed by atoms with Crippen LogP contribution < -0.4 is 14.8 Å².